The summed E-state index contributed by atoms with van der Waals surface area (Å²) in [6.45, 7) is 4.35. The summed E-state index contributed by atoms with van der Waals surface area (Å²) in [6.07, 6.45) is -1.32. The Morgan fingerprint density at radius 1 is 1.14 bits per heavy atom. The lowest BCUT2D eigenvalue weighted by molar-refractivity contribution is -0.178. The van der Waals surface area contributed by atoms with E-state index < -0.39 is 36.3 Å². The molecule has 0 aliphatic carbocycles. The Bertz CT molecular complexity index is 353. The molecule has 1 rings (SSSR count). The first-order chi connectivity index (χ1) is 10.3. The van der Waals surface area contributed by atoms with Crippen LogP contribution in [0.2, 0.25) is 0 Å². The number of aliphatic hydroxyl groups is 4. The summed E-state index contributed by atoms with van der Waals surface area (Å²) in [4.78, 5) is 13.7. The van der Waals surface area contributed by atoms with E-state index in [9.17, 15) is 25.2 Å². The van der Waals surface area contributed by atoms with Gasteiger partial charge in [-0.15, -0.1) is 0 Å². The number of likely N-dealkylation sites (tertiary alicyclic amines) is 1. The lowest BCUT2D eigenvalue weighted by Crippen LogP contribution is -2.70. The quantitative estimate of drug-likeness (QED) is 0.372. The van der Waals surface area contributed by atoms with E-state index in [0.29, 0.717) is 12.5 Å². The van der Waals surface area contributed by atoms with Crippen LogP contribution in [0.3, 0.4) is 0 Å². The van der Waals surface area contributed by atoms with Gasteiger partial charge < -0.3 is 25.7 Å². The summed E-state index contributed by atoms with van der Waals surface area (Å²) >= 11 is 0. The summed E-state index contributed by atoms with van der Waals surface area (Å²) in [6, 6.07) is -1.74. The third-order valence-electron chi connectivity index (χ3n) is 4.35. The van der Waals surface area contributed by atoms with Gasteiger partial charge >= 0.3 is 0 Å². The Kier molecular flexibility index (Phi) is 7.71. The van der Waals surface area contributed by atoms with Crippen LogP contribution in [0, 0.1) is 5.92 Å². The highest BCUT2D eigenvalue weighted by atomic mass is 16.4. The average Bonchev–Trinajstić information content (AvgIpc) is 2.48. The molecule has 0 spiro atoms. The number of likely N-dealkylation sites (N-methyl/N-ethyl adjacent to an activating group) is 1. The van der Waals surface area contributed by atoms with Crippen molar-refractivity contribution in [3.63, 3.8) is 0 Å². The fourth-order valence-corrected chi connectivity index (χ4v) is 3.03. The third kappa shape index (κ3) is 4.39. The third-order valence-corrected chi connectivity index (χ3v) is 4.35. The van der Waals surface area contributed by atoms with Crippen molar-refractivity contribution in [1.29, 1.82) is 0 Å². The van der Waals surface area contributed by atoms with Crippen molar-refractivity contribution < 1.29 is 25.2 Å². The Balaban J connectivity index is 2.84. The molecule has 7 heteroatoms. The van der Waals surface area contributed by atoms with Gasteiger partial charge in [-0.3, -0.25) is 9.69 Å². The number of hydrogen-bond acceptors (Lipinski definition) is 6. The van der Waals surface area contributed by atoms with Crippen LogP contribution >= 0.6 is 0 Å². The minimum absolute atomic E-state index is 0.386. The number of rotatable bonds is 7. The van der Waals surface area contributed by atoms with Crippen molar-refractivity contribution in [3.05, 3.63) is 0 Å². The Morgan fingerprint density at radius 2 is 1.77 bits per heavy atom. The molecule has 1 aliphatic heterocycles. The van der Waals surface area contributed by atoms with Crippen molar-refractivity contribution in [2.24, 2.45) is 5.92 Å². The van der Waals surface area contributed by atoms with E-state index in [-0.39, 0.29) is 6.61 Å². The van der Waals surface area contributed by atoms with Gasteiger partial charge in [-0.2, -0.15) is 0 Å². The first-order valence-corrected chi connectivity index (χ1v) is 7.97. The van der Waals surface area contributed by atoms with Crippen molar-refractivity contribution in [1.82, 2.24) is 10.2 Å². The Hall–Kier alpha value is -0.730. The molecule has 5 atom stereocenters. The first-order valence-electron chi connectivity index (χ1n) is 7.97. The Morgan fingerprint density at radius 3 is 2.27 bits per heavy atom. The molecule has 5 unspecified atom stereocenters. The van der Waals surface area contributed by atoms with Crippen molar-refractivity contribution in [3.8, 4) is 0 Å². The van der Waals surface area contributed by atoms with E-state index in [1.54, 1.807) is 4.90 Å². The molecule has 7 nitrogen and oxygen atoms in total. The molecule has 1 saturated heterocycles. The zero-order valence-corrected chi connectivity index (χ0v) is 13.6. The number of amides is 1. The summed E-state index contributed by atoms with van der Waals surface area (Å²) in [5.41, 5.74) is 0. The molecule has 1 aliphatic rings. The second-order valence-electron chi connectivity index (χ2n) is 6.41. The lowest BCUT2D eigenvalue weighted by Gasteiger charge is -2.47. The smallest absolute Gasteiger partial charge is 0.239 e. The number of nitrogens with zero attached hydrogens (tertiary/aromatic N) is 1. The minimum Gasteiger partial charge on any atom is -0.395 e. The first kappa shape index (κ1) is 19.3. The predicted molar refractivity (Wildman–Crippen MR) is 82.1 cm³/mol. The van der Waals surface area contributed by atoms with Crippen LogP contribution < -0.4 is 5.32 Å². The number of aliphatic hydroxyl groups excluding tert-OH is 4. The van der Waals surface area contributed by atoms with Crippen LogP contribution in [0.15, 0.2) is 0 Å². The highest BCUT2D eigenvalue weighted by Crippen LogP contribution is 2.25. The predicted octanol–water partition coefficient (Wildman–Crippen LogP) is -1.31. The van der Waals surface area contributed by atoms with Gasteiger partial charge in [-0.25, -0.2) is 0 Å². The van der Waals surface area contributed by atoms with Crippen molar-refractivity contribution in [2.75, 3.05) is 20.2 Å². The second-order valence-corrected chi connectivity index (χ2v) is 6.41. The molecule has 0 bridgehead atoms. The largest absolute Gasteiger partial charge is 0.395 e. The van der Waals surface area contributed by atoms with E-state index in [1.165, 1.54) is 7.05 Å². The van der Waals surface area contributed by atoms with Gasteiger partial charge in [0.1, 0.15) is 24.4 Å². The van der Waals surface area contributed by atoms with Gasteiger partial charge in [0.15, 0.2) is 0 Å². The SMILES string of the molecule is CNC(=O)C1C(O)C(O)C(O)C(CO)N1CCCCC(C)C. The molecule has 0 aromatic rings. The molecular formula is C15H30N2O5. The second kappa shape index (κ2) is 8.79. The molecule has 5 N–H and O–H groups in total. The van der Waals surface area contributed by atoms with Gasteiger partial charge in [-0.05, 0) is 18.9 Å². The molecule has 0 radical (unpaired) electrons. The Labute approximate surface area is 131 Å². The summed E-state index contributed by atoms with van der Waals surface area (Å²) < 4.78 is 0. The monoisotopic (exact) mass is 318 g/mol. The van der Waals surface area contributed by atoms with Crippen LogP contribution in [-0.2, 0) is 4.79 Å². The van der Waals surface area contributed by atoms with Gasteiger partial charge in [-0.1, -0.05) is 26.7 Å². The van der Waals surface area contributed by atoms with Crippen LogP contribution in [0.25, 0.3) is 0 Å². The number of unbranched alkanes of at least 4 members (excludes halogenated alkanes) is 1. The molecule has 0 saturated carbocycles. The van der Waals surface area contributed by atoms with Crippen LogP contribution in [-0.4, -0.2) is 81.8 Å². The minimum atomic E-state index is -1.45. The summed E-state index contributed by atoms with van der Waals surface area (Å²) in [7, 11) is 1.46. The average molecular weight is 318 g/mol. The highest BCUT2D eigenvalue weighted by molar-refractivity contribution is 5.82. The number of nitrogens with one attached hydrogen (secondary N) is 1. The molecule has 130 valence electrons. The molecule has 22 heavy (non-hydrogen) atoms. The zero-order valence-electron chi connectivity index (χ0n) is 13.6. The van der Waals surface area contributed by atoms with Crippen molar-refractivity contribution in [2.45, 2.75) is 63.5 Å². The van der Waals surface area contributed by atoms with Gasteiger partial charge in [0.05, 0.1) is 12.6 Å². The maximum atomic E-state index is 12.1. The van der Waals surface area contributed by atoms with Gasteiger partial charge in [0.25, 0.3) is 0 Å². The van der Waals surface area contributed by atoms with Crippen LogP contribution in [0.5, 0.6) is 0 Å². The number of carbonyl (C=O) groups is 1. The fraction of sp³-hybridized carbons (Fsp3) is 0.933. The molecule has 0 aromatic carbocycles. The van der Waals surface area contributed by atoms with E-state index in [4.69, 9.17) is 0 Å². The van der Waals surface area contributed by atoms with E-state index in [0.717, 1.165) is 19.3 Å². The molecule has 1 fully saturated rings. The highest BCUT2D eigenvalue weighted by Gasteiger charge is 2.49. The number of carbonyl (C=O) groups excluding carboxylic acids is 1. The van der Waals surface area contributed by atoms with Gasteiger partial charge in [0, 0.05) is 7.05 Å². The normalized spacial score (nSPS) is 33.2. The molecule has 1 heterocycles. The van der Waals surface area contributed by atoms with E-state index >= 15 is 0 Å². The van der Waals surface area contributed by atoms with E-state index in [2.05, 4.69) is 19.2 Å². The van der Waals surface area contributed by atoms with Crippen LogP contribution in [0.1, 0.15) is 33.1 Å². The number of hydrogen-bond donors (Lipinski definition) is 5. The standard InChI is InChI=1S/C15H30N2O5/c1-9(2)6-4-5-7-17-10(8-18)12(19)14(21)13(20)11(17)15(22)16-3/h9-14,18-21H,4-8H2,1-3H3,(H,16,22). The summed E-state index contributed by atoms with van der Waals surface area (Å²) in [5.74, 6) is 0.156. The lowest BCUT2D eigenvalue weighted by atomic mass is 9.87. The van der Waals surface area contributed by atoms with Crippen molar-refractivity contribution >= 4 is 5.91 Å². The maximum absolute atomic E-state index is 12.1. The van der Waals surface area contributed by atoms with Crippen LogP contribution in [0.4, 0.5) is 0 Å². The molecular weight excluding hydrogens is 288 g/mol. The molecule has 1 amide bonds. The van der Waals surface area contributed by atoms with Gasteiger partial charge in [0.2, 0.25) is 5.91 Å². The fourth-order valence-electron chi connectivity index (χ4n) is 3.03. The number of piperidine rings is 1. The topological polar surface area (TPSA) is 113 Å². The molecule has 0 aromatic heterocycles. The summed E-state index contributed by atoms with van der Waals surface area (Å²) in [5, 5.41) is 42.1. The van der Waals surface area contributed by atoms with E-state index in [1.807, 2.05) is 0 Å². The zero-order chi connectivity index (χ0) is 16.9. The maximum Gasteiger partial charge on any atom is 0.239 e.